The molecule has 1 aliphatic rings. The number of aromatic amines is 1. The molecule has 0 aliphatic carbocycles. The third-order valence-electron chi connectivity index (χ3n) is 5.26. The summed E-state index contributed by atoms with van der Waals surface area (Å²) in [4.78, 5) is 14.8. The maximum atomic E-state index is 13.0. The number of hydrogen-bond donors (Lipinski definition) is 1. The SMILES string of the molecule is Cc1c(-c2ccccc2)n[nH]c1C(=O)N1CCC(c2nnsc2S(C)(=O)=O)CC1. The maximum Gasteiger partial charge on any atom is 0.272 e. The minimum Gasteiger partial charge on any atom is -0.337 e. The molecule has 1 aliphatic heterocycles. The van der Waals surface area contributed by atoms with Crippen molar-refractivity contribution < 1.29 is 13.2 Å². The van der Waals surface area contributed by atoms with Gasteiger partial charge in [-0.25, -0.2) is 8.42 Å². The summed E-state index contributed by atoms with van der Waals surface area (Å²) < 4.78 is 27.9. The van der Waals surface area contributed by atoms with Gasteiger partial charge in [0.1, 0.15) is 5.69 Å². The molecule has 1 N–H and O–H groups in total. The van der Waals surface area contributed by atoms with Crippen molar-refractivity contribution in [2.45, 2.75) is 29.9 Å². The normalized spacial score (nSPS) is 15.6. The lowest BCUT2D eigenvalue weighted by Crippen LogP contribution is -2.38. The lowest BCUT2D eigenvalue weighted by atomic mass is 9.94. The highest BCUT2D eigenvalue weighted by molar-refractivity contribution is 7.92. The number of hydrogen-bond acceptors (Lipinski definition) is 7. The molecule has 3 heterocycles. The molecular formula is C19H21N5O3S2. The first-order chi connectivity index (χ1) is 13.9. The van der Waals surface area contributed by atoms with Crippen molar-refractivity contribution in [3.05, 3.63) is 47.3 Å². The maximum absolute atomic E-state index is 13.0. The van der Waals surface area contributed by atoms with Gasteiger partial charge in [0.05, 0.1) is 11.4 Å². The van der Waals surface area contributed by atoms with E-state index in [1.165, 1.54) is 6.26 Å². The van der Waals surface area contributed by atoms with E-state index in [0.29, 0.717) is 37.3 Å². The predicted molar refractivity (Wildman–Crippen MR) is 110 cm³/mol. The molecule has 10 heteroatoms. The second kappa shape index (κ2) is 7.68. The molecule has 4 rings (SSSR count). The number of rotatable bonds is 4. The third-order valence-corrected chi connectivity index (χ3v) is 7.81. The Bertz CT molecular complexity index is 1130. The van der Waals surface area contributed by atoms with Crippen LogP contribution in [0.5, 0.6) is 0 Å². The van der Waals surface area contributed by atoms with E-state index in [0.717, 1.165) is 28.4 Å². The molecule has 152 valence electrons. The number of sulfone groups is 1. The number of likely N-dealkylation sites (tertiary alicyclic amines) is 1. The number of piperidine rings is 1. The Morgan fingerprint density at radius 2 is 1.90 bits per heavy atom. The fraction of sp³-hybridized carbons (Fsp3) is 0.368. The number of nitrogens with one attached hydrogen (secondary N) is 1. The van der Waals surface area contributed by atoms with E-state index in [1.807, 2.05) is 37.3 Å². The smallest absolute Gasteiger partial charge is 0.272 e. The van der Waals surface area contributed by atoms with Crippen LogP contribution in [0.15, 0.2) is 34.5 Å². The monoisotopic (exact) mass is 431 g/mol. The second-order valence-electron chi connectivity index (χ2n) is 7.22. The Morgan fingerprint density at radius 1 is 1.21 bits per heavy atom. The first kappa shape index (κ1) is 19.7. The number of benzene rings is 1. The fourth-order valence-electron chi connectivity index (χ4n) is 3.69. The van der Waals surface area contributed by atoms with Gasteiger partial charge < -0.3 is 4.90 Å². The number of nitrogens with zero attached hydrogens (tertiary/aromatic N) is 4. The van der Waals surface area contributed by atoms with Gasteiger partial charge in [0.25, 0.3) is 5.91 Å². The van der Waals surface area contributed by atoms with Gasteiger partial charge in [0, 0.05) is 47.9 Å². The highest BCUT2D eigenvalue weighted by atomic mass is 32.2. The summed E-state index contributed by atoms with van der Waals surface area (Å²) in [7, 11) is -3.34. The van der Waals surface area contributed by atoms with Crippen LogP contribution in [-0.4, -0.2) is 58.4 Å². The van der Waals surface area contributed by atoms with Gasteiger partial charge in [-0.1, -0.05) is 34.8 Å². The number of H-pyrrole nitrogens is 1. The largest absolute Gasteiger partial charge is 0.337 e. The van der Waals surface area contributed by atoms with E-state index in [4.69, 9.17) is 0 Å². The van der Waals surface area contributed by atoms with Crippen molar-refractivity contribution in [2.75, 3.05) is 19.3 Å². The molecule has 0 unspecified atom stereocenters. The van der Waals surface area contributed by atoms with E-state index in [-0.39, 0.29) is 16.0 Å². The van der Waals surface area contributed by atoms with E-state index < -0.39 is 9.84 Å². The molecule has 0 spiro atoms. The van der Waals surface area contributed by atoms with Crippen LogP contribution in [0.1, 0.15) is 40.5 Å². The summed E-state index contributed by atoms with van der Waals surface area (Å²) in [5, 5.41) is 11.3. The van der Waals surface area contributed by atoms with Crippen LogP contribution in [0.25, 0.3) is 11.3 Å². The Labute approximate surface area is 173 Å². The topological polar surface area (TPSA) is 109 Å². The standard InChI is InChI=1S/C19H21N5O3S2/c1-12-15(13-6-4-3-5-7-13)20-21-16(12)18(25)24-10-8-14(9-11-24)17-19(28-23-22-17)29(2,26)27/h3-7,14H,8-11H2,1-2H3,(H,20,21). The average molecular weight is 432 g/mol. The first-order valence-electron chi connectivity index (χ1n) is 9.28. The molecule has 0 radical (unpaired) electrons. The fourth-order valence-corrected chi connectivity index (χ4v) is 5.43. The lowest BCUT2D eigenvalue weighted by molar-refractivity contribution is 0.0704. The lowest BCUT2D eigenvalue weighted by Gasteiger charge is -2.31. The van der Waals surface area contributed by atoms with Crippen LogP contribution in [-0.2, 0) is 9.84 Å². The second-order valence-corrected chi connectivity index (χ2v) is 10.2. The summed E-state index contributed by atoms with van der Waals surface area (Å²) >= 11 is 0.914. The summed E-state index contributed by atoms with van der Waals surface area (Å²) in [6.45, 7) is 2.96. The van der Waals surface area contributed by atoms with Gasteiger partial charge in [0.15, 0.2) is 14.0 Å². The van der Waals surface area contributed by atoms with Crippen LogP contribution in [0, 0.1) is 6.92 Å². The molecule has 2 aromatic heterocycles. The molecule has 1 aromatic carbocycles. The molecule has 0 saturated carbocycles. The predicted octanol–water partition coefficient (Wildman–Crippen LogP) is 2.66. The summed E-state index contributed by atoms with van der Waals surface area (Å²) in [5.74, 6) is -0.0966. The van der Waals surface area contributed by atoms with Gasteiger partial charge in [-0.3, -0.25) is 9.89 Å². The number of aromatic nitrogens is 4. The Morgan fingerprint density at radius 3 is 2.55 bits per heavy atom. The van der Waals surface area contributed by atoms with Crippen molar-refractivity contribution in [3.8, 4) is 11.3 Å². The van der Waals surface area contributed by atoms with Crippen LogP contribution in [0.4, 0.5) is 0 Å². The molecule has 3 aromatic rings. The van der Waals surface area contributed by atoms with E-state index in [2.05, 4.69) is 19.8 Å². The van der Waals surface area contributed by atoms with Crippen molar-refractivity contribution in [1.82, 2.24) is 24.7 Å². The molecule has 29 heavy (non-hydrogen) atoms. The number of carbonyl (C=O) groups is 1. The first-order valence-corrected chi connectivity index (χ1v) is 11.9. The van der Waals surface area contributed by atoms with Crippen molar-refractivity contribution in [3.63, 3.8) is 0 Å². The highest BCUT2D eigenvalue weighted by Gasteiger charge is 2.31. The van der Waals surface area contributed by atoms with Crippen LogP contribution in [0.3, 0.4) is 0 Å². The molecule has 1 fully saturated rings. The zero-order valence-electron chi connectivity index (χ0n) is 16.1. The minimum absolute atomic E-state index is 0.00901. The summed E-state index contributed by atoms with van der Waals surface area (Å²) in [5.41, 5.74) is 3.59. The Kier molecular flexibility index (Phi) is 5.22. The molecule has 0 atom stereocenters. The molecule has 1 amide bonds. The quantitative estimate of drug-likeness (QED) is 0.680. The number of amides is 1. The third kappa shape index (κ3) is 3.82. The molecule has 1 saturated heterocycles. The number of carbonyl (C=O) groups excluding carboxylic acids is 1. The van der Waals surface area contributed by atoms with Gasteiger partial charge in [-0.05, 0) is 19.8 Å². The molecule has 8 nitrogen and oxygen atoms in total. The Balaban J connectivity index is 1.48. The Hall–Kier alpha value is -2.59. The van der Waals surface area contributed by atoms with Gasteiger partial charge in [-0.2, -0.15) is 5.10 Å². The summed E-state index contributed by atoms with van der Waals surface area (Å²) in [6.07, 6.45) is 2.48. The van der Waals surface area contributed by atoms with Crippen LogP contribution < -0.4 is 0 Å². The van der Waals surface area contributed by atoms with Gasteiger partial charge >= 0.3 is 0 Å². The van der Waals surface area contributed by atoms with Crippen LogP contribution >= 0.6 is 11.5 Å². The highest BCUT2D eigenvalue weighted by Crippen LogP contribution is 2.33. The van der Waals surface area contributed by atoms with Crippen molar-refractivity contribution in [2.24, 2.45) is 0 Å². The zero-order chi connectivity index (χ0) is 20.6. The van der Waals surface area contributed by atoms with Crippen molar-refractivity contribution in [1.29, 1.82) is 0 Å². The zero-order valence-corrected chi connectivity index (χ0v) is 17.8. The van der Waals surface area contributed by atoms with Crippen LogP contribution in [0.2, 0.25) is 0 Å². The van der Waals surface area contributed by atoms with Gasteiger partial charge in [-0.15, -0.1) is 5.10 Å². The molecular weight excluding hydrogens is 410 g/mol. The molecule has 0 bridgehead atoms. The van der Waals surface area contributed by atoms with E-state index in [1.54, 1.807) is 4.90 Å². The van der Waals surface area contributed by atoms with Gasteiger partial charge in [0.2, 0.25) is 0 Å². The summed E-state index contributed by atoms with van der Waals surface area (Å²) in [6, 6.07) is 9.74. The van der Waals surface area contributed by atoms with Crippen molar-refractivity contribution >= 4 is 27.3 Å². The van der Waals surface area contributed by atoms with E-state index >= 15 is 0 Å². The average Bonchev–Trinajstić information content (AvgIpc) is 3.35. The minimum atomic E-state index is -3.34. The van der Waals surface area contributed by atoms with E-state index in [9.17, 15) is 13.2 Å².